The van der Waals surface area contributed by atoms with Crippen molar-refractivity contribution in [1.82, 2.24) is 5.32 Å². The lowest BCUT2D eigenvalue weighted by Gasteiger charge is -2.25. The van der Waals surface area contributed by atoms with E-state index in [1.165, 1.54) is 5.56 Å². The third-order valence-electron chi connectivity index (χ3n) is 2.96. The van der Waals surface area contributed by atoms with Crippen LogP contribution in [-0.4, -0.2) is 17.1 Å². The molecule has 0 fully saturated rings. The number of carbonyl (C=O) groups is 1. The van der Waals surface area contributed by atoms with Gasteiger partial charge < -0.3 is 10.4 Å². The maximum atomic E-state index is 10.8. The minimum Gasteiger partial charge on any atom is -0.481 e. The summed E-state index contributed by atoms with van der Waals surface area (Å²) in [6.07, 6.45) is 0.162. The van der Waals surface area contributed by atoms with Crippen LogP contribution in [0.4, 0.5) is 0 Å². The summed E-state index contributed by atoms with van der Waals surface area (Å²) < 4.78 is 0. The van der Waals surface area contributed by atoms with Gasteiger partial charge in [0.05, 0.1) is 6.42 Å². The van der Waals surface area contributed by atoms with E-state index in [2.05, 4.69) is 24.4 Å². The van der Waals surface area contributed by atoms with Gasteiger partial charge in [0.25, 0.3) is 0 Å². The molecule has 2 N–H and O–H groups in total. The minimum absolute atomic E-state index is 0.00251. The number of hydrogen-bond donors (Lipinski definition) is 2. The third-order valence-corrected chi connectivity index (χ3v) is 2.96. The summed E-state index contributed by atoms with van der Waals surface area (Å²) in [7, 11) is 0. The Labute approximate surface area is 103 Å². The van der Waals surface area contributed by atoms with E-state index in [1.54, 1.807) is 0 Å². The highest BCUT2D eigenvalue weighted by atomic mass is 16.4. The molecule has 0 radical (unpaired) electrons. The predicted octanol–water partition coefficient (Wildman–Crippen LogP) is 2.84. The Kier molecular flexibility index (Phi) is 5.16. The zero-order valence-electron chi connectivity index (χ0n) is 10.7. The van der Waals surface area contributed by atoms with Gasteiger partial charge in [-0.1, -0.05) is 44.2 Å². The van der Waals surface area contributed by atoms with Crippen molar-refractivity contribution in [1.29, 1.82) is 0 Å². The highest BCUT2D eigenvalue weighted by molar-refractivity contribution is 5.67. The lowest BCUT2D eigenvalue weighted by atomic mass is 9.98. The highest BCUT2D eigenvalue weighted by Gasteiger charge is 2.19. The van der Waals surface area contributed by atoms with E-state index in [1.807, 2.05) is 32.0 Å². The molecule has 94 valence electrons. The molecule has 2 atom stereocenters. The molecule has 0 saturated carbocycles. The van der Waals surface area contributed by atoms with Crippen LogP contribution >= 0.6 is 0 Å². The number of carboxylic acid groups (broad SMARTS) is 1. The normalized spacial score (nSPS) is 14.6. The molecule has 3 heteroatoms. The SMILES string of the molecule is CC(NC(CC(=O)O)C(C)C)c1ccccc1. The summed E-state index contributed by atoms with van der Waals surface area (Å²) in [6.45, 7) is 6.14. The fourth-order valence-electron chi connectivity index (χ4n) is 1.83. The molecule has 1 aromatic carbocycles. The molecule has 0 aliphatic heterocycles. The first-order chi connectivity index (χ1) is 8.00. The van der Waals surface area contributed by atoms with E-state index in [9.17, 15) is 4.79 Å². The fourth-order valence-corrected chi connectivity index (χ4v) is 1.83. The van der Waals surface area contributed by atoms with Crippen molar-refractivity contribution in [2.24, 2.45) is 5.92 Å². The van der Waals surface area contributed by atoms with E-state index in [0.717, 1.165) is 0 Å². The van der Waals surface area contributed by atoms with E-state index in [4.69, 9.17) is 5.11 Å². The Morgan fingerprint density at radius 3 is 2.29 bits per heavy atom. The van der Waals surface area contributed by atoms with Crippen molar-refractivity contribution >= 4 is 5.97 Å². The maximum absolute atomic E-state index is 10.8. The predicted molar refractivity (Wildman–Crippen MR) is 68.9 cm³/mol. The highest BCUT2D eigenvalue weighted by Crippen LogP contribution is 2.16. The average Bonchev–Trinajstić information content (AvgIpc) is 2.28. The monoisotopic (exact) mass is 235 g/mol. The lowest BCUT2D eigenvalue weighted by Crippen LogP contribution is -2.37. The Balaban J connectivity index is 2.64. The van der Waals surface area contributed by atoms with E-state index in [0.29, 0.717) is 5.92 Å². The molecule has 17 heavy (non-hydrogen) atoms. The second-order valence-corrected chi connectivity index (χ2v) is 4.75. The number of carboxylic acids is 1. The summed E-state index contributed by atoms with van der Waals surface area (Å²) in [5.41, 5.74) is 1.18. The van der Waals surface area contributed by atoms with Crippen LogP contribution in [0.5, 0.6) is 0 Å². The number of aliphatic carboxylic acids is 1. The Morgan fingerprint density at radius 2 is 1.82 bits per heavy atom. The summed E-state index contributed by atoms with van der Waals surface area (Å²) in [4.78, 5) is 10.8. The molecule has 1 aromatic rings. The summed E-state index contributed by atoms with van der Waals surface area (Å²) in [5.74, 6) is -0.450. The van der Waals surface area contributed by atoms with Crippen LogP contribution in [0.3, 0.4) is 0 Å². The van der Waals surface area contributed by atoms with E-state index >= 15 is 0 Å². The van der Waals surface area contributed by atoms with E-state index in [-0.39, 0.29) is 18.5 Å². The van der Waals surface area contributed by atoms with Crippen LogP contribution in [0.1, 0.15) is 38.8 Å². The molecule has 0 saturated heterocycles. The summed E-state index contributed by atoms with van der Waals surface area (Å²) in [5, 5.41) is 12.3. The third kappa shape index (κ3) is 4.57. The largest absolute Gasteiger partial charge is 0.481 e. The molecular formula is C14H21NO2. The lowest BCUT2D eigenvalue weighted by molar-refractivity contribution is -0.137. The Bertz CT molecular complexity index is 348. The molecule has 3 nitrogen and oxygen atoms in total. The van der Waals surface area contributed by atoms with Crippen LogP contribution < -0.4 is 5.32 Å². The van der Waals surface area contributed by atoms with Gasteiger partial charge in [0.2, 0.25) is 0 Å². The molecule has 0 aromatic heterocycles. The van der Waals surface area contributed by atoms with Gasteiger partial charge in [-0.3, -0.25) is 4.79 Å². The van der Waals surface area contributed by atoms with Crippen molar-refractivity contribution in [3.8, 4) is 0 Å². The van der Waals surface area contributed by atoms with Crippen molar-refractivity contribution < 1.29 is 9.90 Å². The molecule has 0 aliphatic rings. The minimum atomic E-state index is -0.753. The number of rotatable bonds is 6. The topological polar surface area (TPSA) is 49.3 Å². The van der Waals surface area contributed by atoms with Crippen molar-refractivity contribution in [2.75, 3.05) is 0 Å². The first kappa shape index (κ1) is 13.7. The zero-order valence-corrected chi connectivity index (χ0v) is 10.7. The molecule has 0 bridgehead atoms. The molecular weight excluding hydrogens is 214 g/mol. The van der Waals surface area contributed by atoms with Crippen LogP contribution in [0, 0.1) is 5.92 Å². The van der Waals surface area contributed by atoms with Gasteiger partial charge in [-0.15, -0.1) is 0 Å². The zero-order chi connectivity index (χ0) is 12.8. The Hall–Kier alpha value is -1.35. The van der Waals surface area contributed by atoms with Crippen LogP contribution in [0.15, 0.2) is 30.3 Å². The molecule has 2 unspecified atom stereocenters. The van der Waals surface area contributed by atoms with E-state index < -0.39 is 5.97 Å². The summed E-state index contributed by atoms with van der Waals surface area (Å²) in [6, 6.07) is 10.2. The Morgan fingerprint density at radius 1 is 1.24 bits per heavy atom. The second-order valence-electron chi connectivity index (χ2n) is 4.75. The van der Waals surface area contributed by atoms with Crippen molar-refractivity contribution in [2.45, 2.75) is 39.3 Å². The van der Waals surface area contributed by atoms with Crippen LogP contribution in [-0.2, 0) is 4.79 Å². The molecule has 0 spiro atoms. The summed E-state index contributed by atoms with van der Waals surface area (Å²) >= 11 is 0. The van der Waals surface area contributed by atoms with Crippen molar-refractivity contribution in [3.63, 3.8) is 0 Å². The molecule has 0 aliphatic carbocycles. The molecule has 0 amide bonds. The number of benzene rings is 1. The van der Waals surface area contributed by atoms with Gasteiger partial charge in [-0.2, -0.15) is 0 Å². The quantitative estimate of drug-likeness (QED) is 0.797. The van der Waals surface area contributed by atoms with Crippen molar-refractivity contribution in [3.05, 3.63) is 35.9 Å². The van der Waals surface area contributed by atoms with Gasteiger partial charge in [-0.25, -0.2) is 0 Å². The van der Waals surface area contributed by atoms with Gasteiger partial charge in [0.15, 0.2) is 0 Å². The first-order valence-electron chi connectivity index (χ1n) is 6.03. The average molecular weight is 235 g/mol. The number of hydrogen-bond acceptors (Lipinski definition) is 2. The van der Waals surface area contributed by atoms with Crippen LogP contribution in [0.25, 0.3) is 0 Å². The van der Waals surface area contributed by atoms with Gasteiger partial charge in [0, 0.05) is 12.1 Å². The van der Waals surface area contributed by atoms with Gasteiger partial charge >= 0.3 is 5.97 Å². The van der Waals surface area contributed by atoms with Gasteiger partial charge in [0.1, 0.15) is 0 Å². The fraction of sp³-hybridized carbons (Fsp3) is 0.500. The number of nitrogens with one attached hydrogen (secondary N) is 1. The smallest absolute Gasteiger partial charge is 0.304 e. The maximum Gasteiger partial charge on any atom is 0.304 e. The molecule has 0 heterocycles. The molecule has 1 rings (SSSR count). The van der Waals surface area contributed by atoms with Gasteiger partial charge in [-0.05, 0) is 18.4 Å². The second kappa shape index (κ2) is 6.40. The van der Waals surface area contributed by atoms with Crippen LogP contribution in [0.2, 0.25) is 0 Å². The first-order valence-corrected chi connectivity index (χ1v) is 6.03. The standard InChI is InChI=1S/C14H21NO2/c1-10(2)13(9-14(16)17)15-11(3)12-7-5-4-6-8-12/h4-8,10-11,13,15H,9H2,1-3H3,(H,16,17).